The van der Waals surface area contributed by atoms with Crippen LogP contribution >= 0.6 is 0 Å². The first-order valence-corrected chi connectivity index (χ1v) is 12.6. The lowest BCUT2D eigenvalue weighted by Gasteiger charge is -2.07. The number of hydrogen-bond acceptors (Lipinski definition) is 3. The molecule has 0 atom stereocenters. The molecule has 4 aromatic rings. The minimum absolute atomic E-state index is 0.748. The highest BCUT2D eigenvalue weighted by molar-refractivity contribution is 5.21. The van der Waals surface area contributed by atoms with E-state index in [2.05, 4.69) is 46.1 Å². The summed E-state index contributed by atoms with van der Waals surface area (Å²) in [7, 11) is 0. The molecule has 0 radical (unpaired) electrons. The summed E-state index contributed by atoms with van der Waals surface area (Å²) < 4.78 is 0. The highest BCUT2D eigenvalue weighted by atomic mass is 15.0. The van der Waals surface area contributed by atoms with Gasteiger partial charge in [0.05, 0.1) is 0 Å². The summed E-state index contributed by atoms with van der Waals surface area (Å²) in [6, 6.07) is 32.6. The first-order chi connectivity index (χ1) is 16.8. The Morgan fingerprint density at radius 2 is 0.676 bits per heavy atom. The molecule has 182 valence electrons. The van der Waals surface area contributed by atoms with E-state index in [0.717, 1.165) is 36.7 Å². The lowest BCUT2D eigenvalue weighted by atomic mass is 10.1. The topological polar surface area (TPSA) is 38.7 Å². The fraction of sp³-hybridized carbons (Fsp3) is 0.323. The molecule has 1 aromatic heterocycles. The van der Waals surface area contributed by atoms with Crippen LogP contribution in [0.3, 0.4) is 0 Å². The largest absolute Gasteiger partial charge is 0.218 e. The lowest BCUT2D eigenvalue weighted by Crippen LogP contribution is -2.08. The minimum atomic E-state index is 0.748. The van der Waals surface area contributed by atoms with Gasteiger partial charge in [0, 0.05) is 19.3 Å². The van der Waals surface area contributed by atoms with Gasteiger partial charge in [0.15, 0.2) is 0 Å². The molecule has 0 fully saturated rings. The highest BCUT2D eigenvalue weighted by Gasteiger charge is 2.07. The maximum absolute atomic E-state index is 4.65. The van der Waals surface area contributed by atoms with E-state index in [1.165, 1.54) is 11.1 Å². The second-order valence-corrected chi connectivity index (χ2v) is 6.42. The fourth-order valence-corrected chi connectivity index (χ4v) is 2.78. The van der Waals surface area contributed by atoms with Crippen LogP contribution in [0.5, 0.6) is 0 Å². The van der Waals surface area contributed by atoms with Crippen LogP contribution in [0.4, 0.5) is 0 Å². The van der Waals surface area contributed by atoms with Crippen molar-refractivity contribution in [3.63, 3.8) is 0 Å². The van der Waals surface area contributed by atoms with Gasteiger partial charge in [-0.05, 0) is 11.1 Å². The van der Waals surface area contributed by atoms with Crippen molar-refractivity contribution in [3.05, 3.63) is 126 Å². The summed E-state index contributed by atoms with van der Waals surface area (Å²) in [6.07, 6.45) is 2.32. The van der Waals surface area contributed by atoms with Crippen molar-refractivity contribution in [1.29, 1.82) is 0 Å². The van der Waals surface area contributed by atoms with E-state index in [0.29, 0.717) is 0 Å². The van der Waals surface area contributed by atoms with Gasteiger partial charge in [0.1, 0.15) is 17.5 Å². The Hall–Kier alpha value is -3.33. The number of nitrogens with zero attached hydrogens (tertiary/aromatic N) is 3. The van der Waals surface area contributed by atoms with Gasteiger partial charge in [-0.25, -0.2) is 15.0 Å². The molecule has 0 N–H and O–H groups in total. The maximum atomic E-state index is 4.65. The van der Waals surface area contributed by atoms with Crippen molar-refractivity contribution >= 4 is 0 Å². The molecule has 1 heterocycles. The molecule has 34 heavy (non-hydrogen) atoms. The normalized spacial score (nSPS) is 8.79. The van der Waals surface area contributed by atoms with Crippen LogP contribution in [-0.2, 0) is 19.3 Å². The average molecular weight is 458 g/mol. The predicted molar refractivity (Wildman–Crippen MR) is 148 cm³/mol. The molecule has 0 aliphatic carbocycles. The van der Waals surface area contributed by atoms with Gasteiger partial charge in [-0.15, -0.1) is 0 Å². The molecule has 4 rings (SSSR count). The van der Waals surface area contributed by atoms with Crippen LogP contribution in [0.25, 0.3) is 0 Å². The van der Waals surface area contributed by atoms with Gasteiger partial charge in [-0.1, -0.05) is 146 Å². The Bertz CT molecular complexity index is 854. The van der Waals surface area contributed by atoms with E-state index in [1.54, 1.807) is 0 Å². The summed E-state index contributed by atoms with van der Waals surface area (Å²) in [5.41, 5.74) is 2.45. The third-order valence-corrected chi connectivity index (χ3v) is 4.17. The summed E-state index contributed by atoms with van der Waals surface area (Å²) in [6.45, 7) is 14.1. The molecule has 0 unspecified atom stereocenters. The third kappa shape index (κ3) is 13.3. The number of aromatic nitrogens is 3. The van der Waals surface area contributed by atoms with E-state index in [4.69, 9.17) is 0 Å². The molecule has 3 aromatic carbocycles. The van der Waals surface area contributed by atoms with Crippen LogP contribution in [-0.4, -0.2) is 15.0 Å². The summed E-state index contributed by atoms with van der Waals surface area (Å²) in [5, 5.41) is 0. The molecule has 0 saturated carbocycles. The van der Waals surface area contributed by atoms with Crippen molar-refractivity contribution < 1.29 is 0 Å². The first-order valence-electron chi connectivity index (χ1n) is 12.6. The molecule has 0 spiro atoms. The molecule has 0 aliphatic rings. The van der Waals surface area contributed by atoms with E-state index >= 15 is 0 Å². The minimum Gasteiger partial charge on any atom is -0.218 e. The number of aryl methyl sites for hydroxylation is 1. The number of benzene rings is 3. The first kappa shape index (κ1) is 30.7. The zero-order chi connectivity index (χ0) is 25.4. The van der Waals surface area contributed by atoms with Crippen molar-refractivity contribution in [2.75, 3.05) is 0 Å². The second kappa shape index (κ2) is 21.5. The van der Waals surface area contributed by atoms with Gasteiger partial charge in [-0.2, -0.15) is 0 Å². The zero-order valence-electron chi connectivity index (χ0n) is 22.2. The van der Waals surface area contributed by atoms with Gasteiger partial charge >= 0.3 is 0 Å². The third-order valence-electron chi connectivity index (χ3n) is 4.17. The van der Waals surface area contributed by atoms with Gasteiger partial charge in [0.2, 0.25) is 0 Å². The van der Waals surface area contributed by atoms with Crippen molar-refractivity contribution in [2.24, 2.45) is 0 Å². The smallest absolute Gasteiger partial charge is 0.137 e. The Morgan fingerprint density at radius 3 is 0.971 bits per heavy atom. The summed E-state index contributed by atoms with van der Waals surface area (Å²) in [5.74, 6) is 2.57. The molecule has 0 aliphatic heterocycles. The predicted octanol–water partition coefficient (Wildman–Crippen LogP) is 8.38. The van der Waals surface area contributed by atoms with Crippen molar-refractivity contribution in [1.82, 2.24) is 15.0 Å². The zero-order valence-corrected chi connectivity index (χ0v) is 22.2. The SMILES string of the molecule is CC.CC.CC.CCc1nc(Cc2ccccc2)nc(Cc2ccccc2)n1.c1ccccc1. The molecule has 0 bridgehead atoms. The van der Waals surface area contributed by atoms with E-state index in [-0.39, 0.29) is 0 Å². The number of hydrogen-bond donors (Lipinski definition) is 0. The molecule has 3 nitrogen and oxygen atoms in total. The number of rotatable bonds is 5. The molecule has 3 heteroatoms. The Morgan fingerprint density at radius 1 is 0.412 bits per heavy atom. The van der Waals surface area contributed by atoms with Gasteiger partial charge < -0.3 is 0 Å². The molecular weight excluding hydrogens is 414 g/mol. The Labute approximate surface area is 208 Å². The van der Waals surface area contributed by atoms with Gasteiger partial charge in [0.25, 0.3) is 0 Å². The monoisotopic (exact) mass is 457 g/mol. The van der Waals surface area contributed by atoms with Crippen LogP contribution in [0, 0.1) is 0 Å². The van der Waals surface area contributed by atoms with E-state index in [9.17, 15) is 0 Å². The summed E-state index contributed by atoms with van der Waals surface area (Å²) in [4.78, 5) is 13.8. The van der Waals surface area contributed by atoms with Crippen LogP contribution < -0.4 is 0 Å². The van der Waals surface area contributed by atoms with Crippen molar-refractivity contribution in [3.8, 4) is 0 Å². The van der Waals surface area contributed by atoms with E-state index < -0.39 is 0 Å². The fourth-order valence-electron chi connectivity index (χ4n) is 2.78. The van der Waals surface area contributed by atoms with Crippen LogP contribution in [0.1, 0.15) is 77.1 Å². The quantitative estimate of drug-likeness (QED) is 0.302. The second-order valence-electron chi connectivity index (χ2n) is 6.42. The molecule has 0 amide bonds. The molecular formula is C31H43N3. The Balaban J connectivity index is 0.000000762. The Kier molecular flexibility index (Phi) is 19.4. The van der Waals surface area contributed by atoms with E-state index in [1.807, 2.05) is 114 Å². The maximum Gasteiger partial charge on any atom is 0.137 e. The summed E-state index contributed by atoms with van der Waals surface area (Å²) >= 11 is 0. The van der Waals surface area contributed by atoms with Crippen LogP contribution in [0.15, 0.2) is 97.1 Å². The standard InChI is InChI=1S/C19H19N3.C6H6.3C2H6/c1-2-17-20-18(13-15-9-5-3-6-10-15)22-19(21-17)14-16-11-7-4-8-12-16;1-2-4-6-5-3-1;3*1-2/h3-12H,2,13-14H2,1H3;1-6H;3*1-2H3. The van der Waals surface area contributed by atoms with Gasteiger partial charge in [-0.3, -0.25) is 0 Å². The average Bonchev–Trinajstić information content (AvgIpc) is 2.94. The highest BCUT2D eigenvalue weighted by Crippen LogP contribution is 2.09. The molecule has 0 saturated heterocycles. The van der Waals surface area contributed by atoms with Crippen molar-refractivity contribution in [2.45, 2.75) is 67.7 Å². The lowest BCUT2D eigenvalue weighted by molar-refractivity contribution is 0.788. The van der Waals surface area contributed by atoms with Crippen LogP contribution in [0.2, 0.25) is 0 Å².